The normalized spacial score (nSPS) is 17.9. The Morgan fingerprint density at radius 1 is 1.45 bits per heavy atom. The molecule has 0 bridgehead atoms. The van der Waals surface area contributed by atoms with Crippen LogP contribution in [0.1, 0.15) is 12.8 Å². The van der Waals surface area contributed by atoms with Crippen LogP contribution in [0.3, 0.4) is 0 Å². The van der Waals surface area contributed by atoms with E-state index in [9.17, 15) is 14.0 Å². The first kappa shape index (κ1) is 16.1. The maximum absolute atomic E-state index is 13.1. The molecule has 3 N–H and O–H groups in total. The standard InChI is InChI=1S/C15H20FN3O3/c16-12-4-1-5-13(7-12)22-10-11-3-2-6-19(9-11)14(20)8-18-15(17)21/h1,4-5,7,11H,2-3,6,8-10H2,(H3,17,18,21)/t11-/m1/s1. The predicted octanol–water partition coefficient (Wildman–Crippen LogP) is 1.11. The van der Waals surface area contributed by atoms with Crippen molar-refractivity contribution in [3.05, 3.63) is 30.1 Å². The number of nitrogens with one attached hydrogen (secondary N) is 1. The summed E-state index contributed by atoms with van der Waals surface area (Å²) in [5, 5.41) is 2.30. The van der Waals surface area contributed by atoms with E-state index in [4.69, 9.17) is 10.5 Å². The van der Waals surface area contributed by atoms with E-state index < -0.39 is 6.03 Å². The van der Waals surface area contributed by atoms with E-state index in [0.717, 1.165) is 12.8 Å². The van der Waals surface area contributed by atoms with Crippen LogP contribution < -0.4 is 15.8 Å². The van der Waals surface area contributed by atoms with Gasteiger partial charge in [0.1, 0.15) is 11.6 Å². The molecule has 1 aliphatic rings. The largest absolute Gasteiger partial charge is 0.493 e. The zero-order chi connectivity index (χ0) is 15.9. The second-order valence-electron chi connectivity index (χ2n) is 5.33. The number of carbonyl (C=O) groups is 2. The van der Waals surface area contributed by atoms with Crippen LogP contribution in [0.2, 0.25) is 0 Å². The summed E-state index contributed by atoms with van der Waals surface area (Å²) >= 11 is 0. The minimum absolute atomic E-state index is 0.0905. The van der Waals surface area contributed by atoms with Crippen molar-refractivity contribution in [3.8, 4) is 5.75 Å². The lowest BCUT2D eigenvalue weighted by Crippen LogP contribution is -2.46. The average Bonchev–Trinajstić information content (AvgIpc) is 2.51. The van der Waals surface area contributed by atoms with Crippen LogP contribution in [-0.4, -0.2) is 43.1 Å². The first-order valence-electron chi connectivity index (χ1n) is 7.24. The number of hydrogen-bond acceptors (Lipinski definition) is 3. The number of hydrogen-bond donors (Lipinski definition) is 2. The van der Waals surface area contributed by atoms with Crippen LogP contribution in [-0.2, 0) is 4.79 Å². The number of amides is 3. The fourth-order valence-corrected chi connectivity index (χ4v) is 2.47. The van der Waals surface area contributed by atoms with Gasteiger partial charge in [-0.25, -0.2) is 9.18 Å². The summed E-state index contributed by atoms with van der Waals surface area (Å²) in [6.07, 6.45) is 1.82. The number of primary amides is 1. The molecule has 1 heterocycles. The number of piperidine rings is 1. The van der Waals surface area contributed by atoms with E-state index in [2.05, 4.69) is 5.32 Å². The Morgan fingerprint density at radius 3 is 3.00 bits per heavy atom. The van der Waals surface area contributed by atoms with Crippen molar-refractivity contribution in [1.29, 1.82) is 0 Å². The van der Waals surface area contributed by atoms with Gasteiger partial charge in [0.2, 0.25) is 5.91 Å². The molecule has 1 aromatic rings. The summed E-state index contributed by atoms with van der Waals surface area (Å²) < 4.78 is 18.7. The second kappa shape index (κ2) is 7.63. The molecule has 0 aromatic heterocycles. The van der Waals surface area contributed by atoms with Crippen LogP contribution in [0.25, 0.3) is 0 Å². The van der Waals surface area contributed by atoms with Gasteiger partial charge in [0.15, 0.2) is 0 Å². The molecule has 1 atom stereocenters. The number of likely N-dealkylation sites (tertiary alicyclic amines) is 1. The second-order valence-corrected chi connectivity index (χ2v) is 5.33. The highest BCUT2D eigenvalue weighted by Crippen LogP contribution is 2.19. The predicted molar refractivity (Wildman–Crippen MR) is 78.8 cm³/mol. The molecule has 1 fully saturated rings. The molecular formula is C15H20FN3O3. The Kier molecular flexibility index (Phi) is 5.57. The maximum Gasteiger partial charge on any atom is 0.312 e. The number of nitrogens with zero attached hydrogens (tertiary/aromatic N) is 1. The fraction of sp³-hybridized carbons (Fsp3) is 0.467. The molecule has 22 heavy (non-hydrogen) atoms. The number of benzene rings is 1. The summed E-state index contributed by atoms with van der Waals surface area (Å²) in [6, 6.07) is 5.28. The van der Waals surface area contributed by atoms with Crippen LogP contribution in [0.4, 0.5) is 9.18 Å². The zero-order valence-electron chi connectivity index (χ0n) is 12.3. The number of carbonyl (C=O) groups excluding carboxylic acids is 2. The molecule has 0 unspecified atom stereocenters. The lowest BCUT2D eigenvalue weighted by molar-refractivity contribution is -0.132. The smallest absolute Gasteiger partial charge is 0.312 e. The van der Waals surface area contributed by atoms with Gasteiger partial charge in [-0.1, -0.05) is 6.07 Å². The third-order valence-corrected chi connectivity index (χ3v) is 3.57. The monoisotopic (exact) mass is 309 g/mol. The number of ether oxygens (including phenoxy) is 1. The van der Waals surface area contributed by atoms with E-state index >= 15 is 0 Å². The third kappa shape index (κ3) is 4.91. The van der Waals surface area contributed by atoms with Crippen LogP contribution in [0.15, 0.2) is 24.3 Å². The fourth-order valence-electron chi connectivity index (χ4n) is 2.47. The van der Waals surface area contributed by atoms with E-state index in [1.807, 2.05) is 0 Å². The Bertz CT molecular complexity index is 539. The van der Waals surface area contributed by atoms with E-state index in [1.54, 1.807) is 17.0 Å². The molecule has 0 spiro atoms. The van der Waals surface area contributed by atoms with Crippen molar-refractivity contribution in [2.45, 2.75) is 12.8 Å². The quantitative estimate of drug-likeness (QED) is 0.854. The SMILES string of the molecule is NC(=O)NCC(=O)N1CCC[C@@H](COc2cccc(F)c2)C1. The van der Waals surface area contributed by atoms with E-state index in [0.29, 0.717) is 25.4 Å². The Morgan fingerprint density at radius 2 is 2.27 bits per heavy atom. The van der Waals surface area contributed by atoms with Gasteiger partial charge in [0, 0.05) is 25.1 Å². The lowest BCUT2D eigenvalue weighted by atomic mass is 9.99. The summed E-state index contributed by atoms with van der Waals surface area (Å²) in [5.41, 5.74) is 4.95. The summed E-state index contributed by atoms with van der Waals surface area (Å²) in [4.78, 5) is 24.3. The van der Waals surface area contributed by atoms with Crippen molar-refractivity contribution in [3.63, 3.8) is 0 Å². The van der Waals surface area contributed by atoms with Gasteiger partial charge < -0.3 is 20.7 Å². The zero-order valence-corrected chi connectivity index (χ0v) is 12.3. The van der Waals surface area contributed by atoms with Crippen molar-refractivity contribution < 1.29 is 18.7 Å². The average molecular weight is 309 g/mol. The topological polar surface area (TPSA) is 84.7 Å². The van der Waals surface area contributed by atoms with Gasteiger partial charge in [-0.2, -0.15) is 0 Å². The van der Waals surface area contributed by atoms with E-state index in [-0.39, 0.29) is 24.2 Å². The minimum Gasteiger partial charge on any atom is -0.493 e. The van der Waals surface area contributed by atoms with Crippen molar-refractivity contribution >= 4 is 11.9 Å². The van der Waals surface area contributed by atoms with Gasteiger partial charge in [-0.05, 0) is 25.0 Å². The van der Waals surface area contributed by atoms with Gasteiger partial charge in [0.25, 0.3) is 0 Å². The number of halogens is 1. The highest BCUT2D eigenvalue weighted by molar-refractivity contribution is 5.83. The molecule has 6 nitrogen and oxygen atoms in total. The molecule has 0 radical (unpaired) electrons. The summed E-state index contributed by atoms with van der Waals surface area (Å²) in [6.45, 7) is 1.56. The molecule has 3 amide bonds. The molecule has 0 aliphatic carbocycles. The molecule has 1 aliphatic heterocycles. The van der Waals surface area contributed by atoms with Crippen LogP contribution >= 0.6 is 0 Å². The summed E-state index contributed by atoms with van der Waals surface area (Å²) in [5.74, 6) is 0.179. The highest BCUT2D eigenvalue weighted by atomic mass is 19.1. The molecule has 0 saturated carbocycles. The Labute approximate surface area is 128 Å². The summed E-state index contributed by atoms with van der Waals surface area (Å²) in [7, 11) is 0. The van der Waals surface area contributed by atoms with Crippen LogP contribution in [0, 0.1) is 11.7 Å². The van der Waals surface area contributed by atoms with Crippen molar-refractivity contribution in [2.75, 3.05) is 26.2 Å². The minimum atomic E-state index is -0.712. The Hall–Kier alpha value is -2.31. The van der Waals surface area contributed by atoms with Gasteiger partial charge in [0.05, 0.1) is 13.2 Å². The van der Waals surface area contributed by atoms with Crippen molar-refractivity contribution in [2.24, 2.45) is 11.7 Å². The first-order chi connectivity index (χ1) is 10.5. The maximum atomic E-state index is 13.1. The lowest BCUT2D eigenvalue weighted by Gasteiger charge is -2.32. The molecular weight excluding hydrogens is 289 g/mol. The highest BCUT2D eigenvalue weighted by Gasteiger charge is 2.24. The molecule has 120 valence electrons. The van der Waals surface area contributed by atoms with Crippen molar-refractivity contribution in [1.82, 2.24) is 10.2 Å². The number of rotatable bonds is 5. The molecule has 7 heteroatoms. The molecule has 1 saturated heterocycles. The first-order valence-corrected chi connectivity index (χ1v) is 7.24. The van der Waals surface area contributed by atoms with Crippen LogP contribution in [0.5, 0.6) is 5.75 Å². The van der Waals surface area contributed by atoms with Gasteiger partial charge >= 0.3 is 6.03 Å². The number of nitrogens with two attached hydrogens (primary N) is 1. The Balaban J connectivity index is 1.80. The third-order valence-electron chi connectivity index (χ3n) is 3.57. The van der Waals surface area contributed by atoms with Gasteiger partial charge in [-0.3, -0.25) is 4.79 Å². The molecule has 1 aromatic carbocycles. The molecule has 2 rings (SSSR count). The van der Waals surface area contributed by atoms with Gasteiger partial charge in [-0.15, -0.1) is 0 Å². The number of urea groups is 1. The van der Waals surface area contributed by atoms with E-state index in [1.165, 1.54) is 12.1 Å².